The van der Waals surface area contributed by atoms with Crippen LogP contribution in [0.5, 0.6) is 0 Å². The second-order valence-corrected chi connectivity index (χ2v) is 9.42. The van der Waals surface area contributed by atoms with Gasteiger partial charge in [-0.3, -0.25) is 0 Å². The predicted molar refractivity (Wildman–Crippen MR) is 160 cm³/mol. The Hall–Kier alpha value is -5.55. The molecule has 5 aromatic carbocycles. The number of hydrogen-bond donors (Lipinski definition) is 0. The number of fused-ring (bicyclic) bond motifs is 1. The van der Waals surface area contributed by atoms with Gasteiger partial charge in [0.15, 0.2) is 17.5 Å². The summed E-state index contributed by atoms with van der Waals surface area (Å²) in [6, 6.07) is 43.2. The third kappa shape index (κ3) is 4.50. The Balaban J connectivity index is 1.37. The molecule has 2 heterocycles. The minimum atomic E-state index is 0.648. The first-order valence-electron chi connectivity index (χ1n) is 13.1. The molecule has 0 N–H and O–H groups in total. The van der Waals surface area contributed by atoms with Crippen LogP contribution in [0.3, 0.4) is 0 Å². The lowest BCUT2D eigenvalue weighted by molar-refractivity contribution is 1.08. The maximum absolute atomic E-state index is 4.96. The maximum Gasteiger partial charge on any atom is 0.164 e. The molecule has 0 aliphatic rings. The lowest BCUT2D eigenvalue weighted by Crippen LogP contribution is -2.00. The highest BCUT2D eigenvalue weighted by atomic mass is 15.0. The van der Waals surface area contributed by atoms with Gasteiger partial charge in [0.25, 0.3) is 0 Å². The molecule has 40 heavy (non-hydrogen) atoms. The average Bonchev–Trinajstić information content (AvgIpc) is 3.05. The van der Waals surface area contributed by atoms with Gasteiger partial charge in [0.05, 0.1) is 5.69 Å². The van der Waals surface area contributed by atoms with Crippen LogP contribution < -0.4 is 0 Å². The summed E-state index contributed by atoms with van der Waals surface area (Å²) in [4.78, 5) is 23.2. The molecule has 5 heteroatoms. The normalized spacial score (nSPS) is 11.0. The van der Waals surface area contributed by atoms with Crippen molar-refractivity contribution in [3.63, 3.8) is 0 Å². The Morgan fingerprint density at radius 1 is 0.375 bits per heavy atom. The Bertz CT molecular complexity index is 1860. The van der Waals surface area contributed by atoms with Crippen LogP contribution in [0.15, 0.2) is 140 Å². The summed E-state index contributed by atoms with van der Waals surface area (Å²) in [6.45, 7) is 0. The van der Waals surface area contributed by atoms with Gasteiger partial charge >= 0.3 is 0 Å². The SMILES string of the molecule is c1ccc(-c2nc(-c3ccccc3)nc(-c3ccc(-c4ccc(-c5ccncn5)cc4)c4ccccc34)n2)cc1. The van der Waals surface area contributed by atoms with Crippen molar-refractivity contribution in [2.75, 3.05) is 0 Å². The van der Waals surface area contributed by atoms with Crippen LogP contribution in [0.2, 0.25) is 0 Å². The van der Waals surface area contributed by atoms with Crippen molar-refractivity contribution in [3.8, 4) is 56.5 Å². The zero-order valence-corrected chi connectivity index (χ0v) is 21.5. The summed E-state index contributed by atoms with van der Waals surface area (Å²) in [5.74, 6) is 1.95. The van der Waals surface area contributed by atoms with Gasteiger partial charge in [-0.05, 0) is 34.0 Å². The van der Waals surface area contributed by atoms with Crippen molar-refractivity contribution in [1.29, 1.82) is 0 Å². The zero-order chi connectivity index (χ0) is 26.7. The molecule has 0 fully saturated rings. The van der Waals surface area contributed by atoms with Gasteiger partial charge in [0.1, 0.15) is 6.33 Å². The van der Waals surface area contributed by atoms with E-state index in [-0.39, 0.29) is 0 Å². The first kappa shape index (κ1) is 23.6. The van der Waals surface area contributed by atoms with Crippen molar-refractivity contribution in [3.05, 3.63) is 140 Å². The van der Waals surface area contributed by atoms with Crippen LogP contribution in [0.1, 0.15) is 0 Å². The van der Waals surface area contributed by atoms with E-state index >= 15 is 0 Å². The highest BCUT2D eigenvalue weighted by molar-refractivity contribution is 6.04. The van der Waals surface area contributed by atoms with E-state index in [9.17, 15) is 0 Å². The highest BCUT2D eigenvalue weighted by Crippen LogP contribution is 2.36. The Labute approximate surface area is 231 Å². The number of nitrogens with zero attached hydrogens (tertiary/aromatic N) is 5. The van der Waals surface area contributed by atoms with E-state index in [1.54, 1.807) is 12.5 Å². The minimum absolute atomic E-state index is 0.648. The lowest BCUT2D eigenvalue weighted by atomic mass is 9.94. The van der Waals surface area contributed by atoms with Crippen LogP contribution in [0.25, 0.3) is 67.3 Å². The van der Waals surface area contributed by atoms with E-state index in [0.29, 0.717) is 17.5 Å². The molecule has 0 spiro atoms. The van der Waals surface area contributed by atoms with Gasteiger partial charge in [0.2, 0.25) is 0 Å². The summed E-state index contributed by atoms with van der Waals surface area (Å²) in [5, 5.41) is 2.22. The molecular weight excluding hydrogens is 490 g/mol. The van der Waals surface area contributed by atoms with E-state index in [2.05, 4.69) is 70.6 Å². The number of rotatable bonds is 5. The van der Waals surface area contributed by atoms with E-state index in [1.165, 1.54) is 0 Å². The topological polar surface area (TPSA) is 64.5 Å². The van der Waals surface area contributed by atoms with Crippen molar-refractivity contribution in [2.45, 2.75) is 0 Å². The first-order chi connectivity index (χ1) is 19.8. The summed E-state index contributed by atoms with van der Waals surface area (Å²) in [6.07, 6.45) is 3.33. The molecule has 0 aliphatic heterocycles. The van der Waals surface area contributed by atoms with Crippen molar-refractivity contribution in [1.82, 2.24) is 24.9 Å². The molecule has 5 nitrogen and oxygen atoms in total. The monoisotopic (exact) mass is 513 g/mol. The first-order valence-corrected chi connectivity index (χ1v) is 13.1. The molecule has 7 aromatic rings. The molecule has 0 bridgehead atoms. The van der Waals surface area contributed by atoms with Crippen LogP contribution >= 0.6 is 0 Å². The quantitative estimate of drug-likeness (QED) is 0.232. The van der Waals surface area contributed by atoms with Crippen LogP contribution in [-0.2, 0) is 0 Å². The van der Waals surface area contributed by atoms with Gasteiger partial charge in [-0.25, -0.2) is 24.9 Å². The van der Waals surface area contributed by atoms with Crippen LogP contribution in [-0.4, -0.2) is 24.9 Å². The molecular formula is C35H23N5. The Morgan fingerprint density at radius 3 is 1.50 bits per heavy atom. The second-order valence-electron chi connectivity index (χ2n) is 9.42. The molecule has 0 saturated heterocycles. The number of hydrogen-bond acceptors (Lipinski definition) is 5. The summed E-state index contributed by atoms with van der Waals surface area (Å²) >= 11 is 0. The Morgan fingerprint density at radius 2 is 0.900 bits per heavy atom. The molecule has 188 valence electrons. The Kier molecular flexibility index (Phi) is 6.07. The predicted octanol–water partition coefficient (Wildman–Crippen LogP) is 8.15. The third-order valence-corrected chi connectivity index (χ3v) is 6.94. The molecule has 0 aliphatic carbocycles. The third-order valence-electron chi connectivity index (χ3n) is 6.94. The van der Waals surface area contributed by atoms with E-state index in [0.717, 1.165) is 49.8 Å². The maximum atomic E-state index is 4.96. The summed E-state index contributed by atoms with van der Waals surface area (Å²) < 4.78 is 0. The second kappa shape index (κ2) is 10.3. The van der Waals surface area contributed by atoms with Crippen LogP contribution in [0.4, 0.5) is 0 Å². The van der Waals surface area contributed by atoms with Gasteiger partial charge in [-0.15, -0.1) is 0 Å². The summed E-state index contributed by atoms with van der Waals surface area (Å²) in [7, 11) is 0. The van der Waals surface area contributed by atoms with Crippen LogP contribution in [0, 0.1) is 0 Å². The highest BCUT2D eigenvalue weighted by Gasteiger charge is 2.16. The molecule has 0 saturated carbocycles. The van der Waals surface area contributed by atoms with Crippen molar-refractivity contribution in [2.24, 2.45) is 0 Å². The van der Waals surface area contributed by atoms with Gasteiger partial charge in [-0.1, -0.05) is 115 Å². The standard InChI is InChI=1S/C35H23N5/c1-3-9-26(10-4-1)33-38-34(27-11-5-2-6-12-27)40-35(39-33)31-20-19-28(29-13-7-8-14-30(29)31)24-15-17-25(18-16-24)32-21-22-36-23-37-32/h1-23H. The molecule has 0 atom stereocenters. The molecule has 7 rings (SSSR count). The average molecular weight is 514 g/mol. The number of benzene rings is 5. The fourth-order valence-corrected chi connectivity index (χ4v) is 4.96. The van der Waals surface area contributed by atoms with Crippen molar-refractivity contribution < 1.29 is 0 Å². The molecule has 0 amide bonds. The number of aromatic nitrogens is 5. The fourth-order valence-electron chi connectivity index (χ4n) is 4.96. The van der Waals surface area contributed by atoms with E-state index in [1.807, 2.05) is 66.7 Å². The molecule has 2 aromatic heterocycles. The largest absolute Gasteiger partial charge is 0.245 e. The zero-order valence-electron chi connectivity index (χ0n) is 21.5. The molecule has 0 radical (unpaired) electrons. The fraction of sp³-hybridized carbons (Fsp3) is 0. The van der Waals surface area contributed by atoms with Gasteiger partial charge < -0.3 is 0 Å². The van der Waals surface area contributed by atoms with Gasteiger partial charge in [0, 0.05) is 28.5 Å². The lowest BCUT2D eigenvalue weighted by Gasteiger charge is -2.13. The van der Waals surface area contributed by atoms with E-state index < -0.39 is 0 Å². The van der Waals surface area contributed by atoms with E-state index in [4.69, 9.17) is 15.0 Å². The summed E-state index contributed by atoms with van der Waals surface area (Å²) in [5.41, 5.74) is 7.11. The van der Waals surface area contributed by atoms with Crippen molar-refractivity contribution >= 4 is 10.8 Å². The minimum Gasteiger partial charge on any atom is -0.245 e. The smallest absolute Gasteiger partial charge is 0.164 e. The molecule has 0 unspecified atom stereocenters. The van der Waals surface area contributed by atoms with Gasteiger partial charge in [-0.2, -0.15) is 0 Å².